The average Bonchev–Trinajstić information content (AvgIpc) is 2.65. The second-order valence-corrected chi connectivity index (χ2v) is 7.84. The van der Waals surface area contributed by atoms with Crippen molar-refractivity contribution in [2.75, 3.05) is 38.1 Å². The smallest absolute Gasteiger partial charge is 0.243 e. The van der Waals surface area contributed by atoms with Crippen molar-refractivity contribution in [3.05, 3.63) is 29.8 Å². The summed E-state index contributed by atoms with van der Waals surface area (Å²) in [6.07, 6.45) is 0.887. The van der Waals surface area contributed by atoms with Gasteiger partial charge in [-0.25, -0.2) is 8.42 Å². The molecule has 20 heavy (non-hydrogen) atoms. The molecule has 0 spiro atoms. The number of rotatable bonds is 4. The molecule has 0 aromatic heterocycles. The summed E-state index contributed by atoms with van der Waals surface area (Å²) < 4.78 is 26.9. The first-order valence-corrected chi connectivity index (χ1v) is 9.45. The van der Waals surface area contributed by atoms with Crippen LogP contribution < -0.4 is 0 Å². The Morgan fingerprint density at radius 3 is 2.70 bits per heavy atom. The van der Waals surface area contributed by atoms with E-state index in [0.29, 0.717) is 18.0 Å². The summed E-state index contributed by atoms with van der Waals surface area (Å²) in [5, 5.41) is 0.928. The van der Waals surface area contributed by atoms with Crippen LogP contribution in [0.2, 0.25) is 0 Å². The molecule has 112 valence electrons. The van der Waals surface area contributed by atoms with Crippen LogP contribution >= 0.6 is 15.9 Å². The number of hydrogen-bond donors (Lipinski definition) is 0. The SMILES string of the molecule is Cc1cccc(S(=O)(=O)N2CCCN(CCBr)CC2)c1. The Morgan fingerprint density at radius 2 is 2.00 bits per heavy atom. The number of aryl methyl sites for hydroxylation is 1. The second kappa shape index (κ2) is 7.02. The minimum atomic E-state index is -3.35. The third-order valence-electron chi connectivity index (χ3n) is 3.58. The maximum Gasteiger partial charge on any atom is 0.243 e. The molecule has 6 heteroatoms. The Morgan fingerprint density at radius 1 is 1.20 bits per heavy atom. The molecule has 0 radical (unpaired) electrons. The van der Waals surface area contributed by atoms with Gasteiger partial charge in [-0.1, -0.05) is 28.1 Å². The van der Waals surface area contributed by atoms with E-state index in [-0.39, 0.29) is 0 Å². The van der Waals surface area contributed by atoms with Gasteiger partial charge in [0.15, 0.2) is 0 Å². The molecule has 1 fully saturated rings. The maximum atomic E-state index is 12.7. The quantitative estimate of drug-likeness (QED) is 0.771. The van der Waals surface area contributed by atoms with Crippen molar-refractivity contribution >= 4 is 26.0 Å². The highest BCUT2D eigenvalue weighted by Crippen LogP contribution is 2.18. The van der Waals surface area contributed by atoms with E-state index in [1.165, 1.54) is 0 Å². The predicted octanol–water partition coefficient (Wildman–Crippen LogP) is 2.09. The zero-order chi connectivity index (χ0) is 14.6. The van der Waals surface area contributed by atoms with Crippen molar-refractivity contribution < 1.29 is 8.42 Å². The van der Waals surface area contributed by atoms with E-state index in [9.17, 15) is 8.42 Å². The van der Waals surface area contributed by atoms with Crippen molar-refractivity contribution in [3.63, 3.8) is 0 Å². The Bertz CT molecular complexity index is 548. The molecule has 1 saturated heterocycles. The maximum absolute atomic E-state index is 12.7. The summed E-state index contributed by atoms with van der Waals surface area (Å²) in [7, 11) is -3.35. The van der Waals surface area contributed by atoms with Gasteiger partial charge in [-0.05, 0) is 37.6 Å². The van der Waals surface area contributed by atoms with Crippen molar-refractivity contribution in [2.45, 2.75) is 18.2 Å². The van der Waals surface area contributed by atoms with Gasteiger partial charge in [0.05, 0.1) is 4.90 Å². The Kier molecular flexibility index (Phi) is 5.60. The highest BCUT2D eigenvalue weighted by molar-refractivity contribution is 9.09. The van der Waals surface area contributed by atoms with Gasteiger partial charge in [0.25, 0.3) is 0 Å². The molecule has 4 nitrogen and oxygen atoms in total. The highest BCUT2D eigenvalue weighted by atomic mass is 79.9. The minimum absolute atomic E-state index is 0.409. The lowest BCUT2D eigenvalue weighted by molar-refractivity contribution is 0.305. The van der Waals surface area contributed by atoms with E-state index in [1.54, 1.807) is 22.5 Å². The average molecular weight is 361 g/mol. The molecule has 0 N–H and O–H groups in total. The second-order valence-electron chi connectivity index (χ2n) is 5.10. The van der Waals surface area contributed by atoms with Gasteiger partial charge in [-0.3, -0.25) is 0 Å². The van der Waals surface area contributed by atoms with Crippen molar-refractivity contribution in [2.24, 2.45) is 0 Å². The van der Waals surface area contributed by atoms with Crippen LogP contribution in [0.4, 0.5) is 0 Å². The summed E-state index contributed by atoms with van der Waals surface area (Å²) in [6, 6.07) is 7.15. The first kappa shape index (κ1) is 15.9. The largest absolute Gasteiger partial charge is 0.301 e. The predicted molar refractivity (Wildman–Crippen MR) is 84.8 cm³/mol. The summed E-state index contributed by atoms with van der Waals surface area (Å²) in [6.45, 7) is 5.83. The van der Waals surface area contributed by atoms with Gasteiger partial charge < -0.3 is 4.90 Å². The molecule has 0 unspecified atom stereocenters. The van der Waals surface area contributed by atoms with Gasteiger partial charge in [0, 0.05) is 31.5 Å². The van der Waals surface area contributed by atoms with Crippen LogP contribution in [0.1, 0.15) is 12.0 Å². The van der Waals surface area contributed by atoms with E-state index < -0.39 is 10.0 Å². The summed E-state index contributed by atoms with van der Waals surface area (Å²) in [5.41, 5.74) is 0.974. The number of halogens is 1. The van der Waals surface area contributed by atoms with Gasteiger partial charge in [-0.2, -0.15) is 4.31 Å². The highest BCUT2D eigenvalue weighted by Gasteiger charge is 2.26. The van der Waals surface area contributed by atoms with Crippen molar-refractivity contribution in [3.8, 4) is 0 Å². The van der Waals surface area contributed by atoms with Crippen LogP contribution in [0.3, 0.4) is 0 Å². The molecule has 0 bridgehead atoms. The molecule has 0 atom stereocenters. The van der Waals surface area contributed by atoms with Crippen LogP contribution in [-0.4, -0.2) is 55.7 Å². The van der Waals surface area contributed by atoms with Gasteiger partial charge >= 0.3 is 0 Å². The molecule has 1 aliphatic heterocycles. The Labute approximate surface area is 129 Å². The monoisotopic (exact) mass is 360 g/mol. The molecule has 0 amide bonds. The first-order valence-electron chi connectivity index (χ1n) is 6.89. The normalized spacial score (nSPS) is 18.9. The number of sulfonamides is 1. The van der Waals surface area contributed by atoms with E-state index in [4.69, 9.17) is 0 Å². The first-order chi connectivity index (χ1) is 9.54. The molecule has 0 saturated carbocycles. The fraction of sp³-hybridized carbons (Fsp3) is 0.571. The van der Waals surface area contributed by atoms with Gasteiger partial charge in [-0.15, -0.1) is 0 Å². The topological polar surface area (TPSA) is 40.6 Å². The zero-order valence-electron chi connectivity index (χ0n) is 11.8. The van der Waals surface area contributed by atoms with Gasteiger partial charge in [0.1, 0.15) is 0 Å². The number of hydrogen-bond acceptors (Lipinski definition) is 3. The molecule has 0 aliphatic carbocycles. The summed E-state index contributed by atoms with van der Waals surface area (Å²) >= 11 is 3.44. The van der Waals surface area contributed by atoms with E-state index in [1.807, 2.05) is 13.0 Å². The lowest BCUT2D eigenvalue weighted by Gasteiger charge is -2.21. The molecule has 1 heterocycles. The van der Waals surface area contributed by atoms with Crippen LogP contribution in [0.5, 0.6) is 0 Å². The molecule has 1 aromatic carbocycles. The molecular weight excluding hydrogens is 340 g/mol. The summed E-state index contributed by atoms with van der Waals surface area (Å²) in [5.74, 6) is 0. The Balaban J connectivity index is 2.14. The van der Waals surface area contributed by atoms with Crippen LogP contribution in [0, 0.1) is 6.92 Å². The van der Waals surface area contributed by atoms with Crippen molar-refractivity contribution in [1.82, 2.24) is 9.21 Å². The molecule has 1 aromatic rings. The lowest BCUT2D eigenvalue weighted by atomic mass is 10.2. The third kappa shape index (κ3) is 3.81. The number of alkyl halides is 1. The number of nitrogens with zero attached hydrogens (tertiary/aromatic N) is 2. The fourth-order valence-corrected chi connectivity index (χ4v) is 4.53. The third-order valence-corrected chi connectivity index (χ3v) is 5.82. The van der Waals surface area contributed by atoms with Crippen LogP contribution in [0.15, 0.2) is 29.2 Å². The molecule has 1 aliphatic rings. The van der Waals surface area contributed by atoms with E-state index in [2.05, 4.69) is 20.8 Å². The minimum Gasteiger partial charge on any atom is -0.301 e. The van der Waals surface area contributed by atoms with E-state index in [0.717, 1.165) is 36.9 Å². The lowest BCUT2D eigenvalue weighted by Crippen LogP contribution is -2.35. The van der Waals surface area contributed by atoms with E-state index >= 15 is 0 Å². The van der Waals surface area contributed by atoms with Crippen LogP contribution in [0.25, 0.3) is 0 Å². The zero-order valence-corrected chi connectivity index (χ0v) is 14.2. The Hall–Kier alpha value is -0.430. The fourth-order valence-electron chi connectivity index (χ4n) is 2.46. The molecule has 2 rings (SSSR count). The number of benzene rings is 1. The standard InChI is InChI=1S/C14H21BrN2O2S/c1-13-4-2-5-14(12-13)20(18,19)17-8-3-7-16(9-6-15)10-11-17/h2,4-5,12H,3,6-11H2,1H3. The summed E-state index contributed by atoms with van der Waals surface area (Å²) in [4.78, 5) is 2.71. The van der Waals surface area contributed by atoms with Gasteiger partial charge in [0.2, 0.25) is 10.0 Å². The van der Waals surface area contributed by atoms with Crippen LogP contribution in [-0.2, 0) is 10.0 Å². The van der Waals surface area contributed by atoms with Crippen molar-refractivity contribution in [1.29, 1.82) is 0 Å². The molecular formula is C14H21BrN2O2S.